The molecule has 0 fully saturated rings. The Morgan fingerprint density at radius 3 is 2.54 bits per heavy atom. The molecular formula is C12H19N. The minimum Gasteiger partial charge on any atom is -0.382 e. The second-order valence-electron chi connectivity index (χ2n) is 3.46. The fourth-order valence-corrected chi connectivity index (χ4v) is 1.34. The van der Waals surface area contributed by atoms with Crippen LogP contribution in [-0.4, -0.2) is 6.04 Å². The monoisotopic (exact) mass is 177 g/mol. The van der Waals surface area contributed by atoms with Gasteiger partial charge in [-0.1, -0.05) is 32.0 Å². The van der Waals surface area contributed by atoms with E-state index < -0.39 is 0 Å². The van der Waals surface area contributed by atoms with Crippen molar-refractivity contribution in [2.24, 2.45) is 0 Å². The zero-order valence-corrected chi connectivity index (χ0v) is 8.80. The third kappa shape index (κ3) is 2.76. The Bertz CT molecular complexity index is 255. The van der Waals surface area contributed by atoms with E-state index in [4.69, 9.17) is 0 Å². The summed E-state index contributed by atoms with van der Waals surface area (Å²) in [4.78, 5) is 0. The summed E-state index contributed by atoms with van der Waals surface area (Å²) in [6.45, 7) is 6.61. The molecule has 1 heteroatoms. The molecule has 0 heterocycles. The minimum absolute atomic E-state index is 0.563. The number of benzene rings is 1. The normalized spacial score (nSPS) is 12.5. The molecule has 1 N–H and O–H groups in total. The highest BCUT2D eigenvalue weighted by atomic mass is 14.9. The van der Waals surface area contributed by atoms with Gasteiger partial charge in [-0.15, -0.1) is 0 Å². The van der Waals surface area contributed by atoms with E-state index in [1.807, 2.05) is 0 Å². The lowest BCUT2D eigenvalue weighted by Gasteiger charge is -2.15. The minimum atomic E-state index is 0.563. The van der Waals surface area contributed by atoms with Gasteiger partial charge in [0.15, 0.2) is 0 Å². The number of hydrogen-bond donors (Lipinski definition) is 1. The average Bonchev–Trinajstić information content (AvgIpc) is 2.18. The summed E-state index contributed by atoms with van der Waals surface area (Å²) in [7, 11) is 0. The van der Waals surface area contributed by atoms with Crippen LogP contribution in [0.3, 0.4) is 0 Å². The van der Waals surface area contributed by atoms with E-state index in [1.54, 1.807) is 0 Å². The Morgan fingerprint density at radius 2 is 1.92 bits per heavy atom. The molecule has 0 saturated heterocycles. The highest BCUT2D eigenvalue weighted by molar-refractivity contribution is 5.51. The van der Waals surface area contributed by atoms with E-state index in [-0.39, 0.29) is 0 Å². The number of para-hydroxylation sites is 1. The number of rotatable bonds is 4. The van der Waals surface area contributed by atoms with Crippen molar-refractivity contribution in [2.45, 2.75) is 39.7 Å². The molecule has 0 aliphatic rings. The highest BCUT2D eigenvalue weighted by Gasteiger charge is 2.01. The first-order chi connectivity index (χ1) is 6.27. The van der Waals surface area contributed by atoms with E-state index in [9.17, 15) is 0 Å². The fraction of sp³-hybridized carbons (Fsp3) is 0.500. The lowest BCUT2D eigenvalue weighted by molar-refractivity contribution is 0.762. The Balaban J connectivity index is 2.74. The van der Waals surface area contributed by atoms with Crippen LogP contribution in [0.25, 0.3) is 0 Å². The molecule has 1 atom stereocenters. The SMILES string of the molecule is CCc1ccccc1NC(C)CC. The molecule has 1 unspecified atom stereocenters. The van der Waals surface area contributed by atoms with Gasteiger partial charge in [-0.05, 0) is 31.4 Å². The smallest absolute Gasteiger partial charge is 0.0374 e. The van der Waals surface area contributed by atoms with Crippen molar-refractivity contribution in [1.29, 1.82) is 0 Å². The molecule has 1 aromatic rings. The van der Waals surface area contributed by atoms with Crippen molar-refractivity contribution in [1.82, 2.24) is 0 Å². The van der Waals surface area contributed by atoms with E-state index in [1.165, 1.54) is 11.3 Å². The van der Waals surface area contributed by atoms with Crippen molar-refractivity contribution >= 4 is 5.69 Å². The highest BCUT2D eigenvalue weighted by Crippen LogP contribution is 2.16. The number of hydrogen-bond acceptors (Lipinski definition) is 1. The first-order valence-electron chi connectivity index (χ1n) is 5.12. The number of anilines is 1. The zero-order chi connectivity index (χ0) is 9.68. The molecule has 0 aliphatic heterocycles. The van der Waals surface area contributed by atoms with Gasteiger partial charge in [0, 0.05) is 11.7 Å². The van der Waals surface area contributed by atoms with Crippen LogP contribution in [0.4, 0.5) is 5.69 Å². The predicted molar refractivity (Wildman–Crippen MR) is 59.2 cm³/mol. The van der Waals surface area contributed by atoms with Gasteiger partial charge in [0.25, 0.3) is 0 Å². The summed E-state index contributed by atoms with van der Waals surface area (Å²) < 4.78 is 0. The van der Waals surface area contributed by atoms with Gasteiger partial charge in [0.1, 0.15) is 0 Å². The first kappa shape index (κ1) is 10.1. The second kappa shape index (κ2) is 4.90. The maximum Gasteiger partial charge on any atom is 0.0374 e. The van der Waals surface area contributed by atoms with E-state index in [0.717, 1.165) is 12.8 Å². The van der Waals surface area contributed by atoms with Gasteiger partial charge in [0.2, 0.25) is 0 Å². The summed E-state index contributed by atoms with van der Waals surface area (Å²) in [6, 6.07) is 9.09. The Hall–Kier alpha value is -0.980. The third-order valence-electron chi connectivity index (χ3n) is 2.41. The zero-order valence-electron chi connectivity index (χ0n) is 8.80. The van der Waals surface area contributed by atoms with Gasteiger partial charge in [-0.25, -0.2) is 0 Å². The summed E-state index contributed by atoms with van der Waals surface area (Å²) >= 11 is 0. The lowest BCUT2D eigenvalue weighted by Crippen LogP contribution is -2.14. The van der Waals surface area contributed by atoms with E-state index in [2.05, 4.69) is 50.4 Å². The van der Waals surface area contributed by atoms with Crippen LogP contribution >= 0.6 is 0 Å². The first-order valence-corrected chi connectivity index (χ1v) is 5.12. The van der Waals surface area contributed by atoms with E-state index in [0.29, 0.717) is 6.04 Å². The van der Waals surface area contributed by atoms with Crippen LogP contribution in [0, 0.1) is 0 Å². The van der Waals surface area contributed by atoms with Crippen LogP contribution in [-0.2, 0) is 6.42 Å². The summed E-state index contributed by atoms with van der Waals surface area (Å²) in [5.74, 6) is 0. The molecule has 0 aliphatic carbocycles. The molecule has 0 amide bonds. The van der Waals surface area contributed by atoms with Crippen molar-refractivity contribution in [2.75, 3.05) is 5.32 Å². The quantitative estimate of drug-likeness (QED) is 0.742. The molecular weight excluding hydrogens is 158 g/mol. The number of nitrogens with one attached hydrogen (secondary N) is 1. The van der Waals surface area contributed by atoms with Gasteiger partial charge >= 0.3 is 0 Å². The predicted octanol–water partition coefficient (Wildman–Crippen LogP) is 3.46. The van der Waals surface area contributed by atoms with Crippen molar-refractivity contribution in [3.8, 4) is 0 Å². The van der Waals surface area contributed by atoms with Crippen molar-refractivity contribution in [3.05, 3.63) is 29.8 Å². The fourth-order valence-electron chi connectivity index (χ4n) is 1.34. The standard InChI is InChI=1S/C12H19N/c1-4-10(3)13-12-9-7-6-8-11(12)5-2/h6-10,13H,4-5H2,1-3H3. The Morgan fingerprint density at radius 1 is 1.23 bits per heavy atom. The molecule has 0 bridgehead atoms. The largest absolute Gasteiger partial charge is 0.382 e. The summed E-state index contributed by atoms with van der Waals surface area (Å²) in [5.41, 5.74) is 2.70. The van der Waals surface area contributed by atoms with Crippen LogP contribution in [0.1, 0.15) is 32.8 Å². The Labute approximate surface area is 81.2 Å². The number of aryl methyl sites for hydroxylation is 1. The molecule has 0 spiro atoms. The molecule has 72 valence electrons. The van der Waals surface area contributed by atoms with Crippen LogP contribution in [0.5, 0.6) is 0 Å². The molecule has 0 radical (unpaired) electrons. The molecule has 13 heavy (non-hydrogen) atoms. The van der Waals surface area contributed by atoms with Gasteiger partial charge in [-0.3, -0.25) is 0 Å². The van der Waals surface area contributed by atoms with Gasteiger partial charge < -0.3 is 5.32 Å². The third-order valence-corrected chi connectivity index (χ3v) is 2.41. The molecule has 1 nitrogen and oxygen atoms in total. The van der Waals surface area contributed by atoms with Crippen LogP contribution in [0.2, 0.25) is 0 Å². The van der Waals surface area contributed by atoms with Crippen LogP contribution < -0.4 is 5.32 Å². The van der Waals surface area contributed by atoms with Crippen LogP contribution in [0.15, 0.2) is 24.3 Å². The lowest BCUT2D eigenvalue weighted by atomic mass is 10.1. The maximum atomic E-state index is 3.51. The topological polar surface area (TPSA) is 12.0 Å². The second-order valence-corrected chi connectivity index (χ2v) is 3.46. The Kier molecular flexibility index (Phi) is 3.81. The molecule has 1 rings (SSSR count). The maximum absolute atomic E-state index is 3.51. The molecule has 1 aromatic carbocycles. The van der Waals surface area contributed by atoms with Crippen molar-refractivity contribution < 1.29 is 0 Å². The van der Waals surface area contributed by atoms with Gasteiger partial charge in [0.05, 0.1) is 0 Å². The summed E-state index contributed by atoms with van der Waals surface area (Å²) in [5, 5.41) is 3.51. The summed E-state index contributed by atoms with van der Waals surface area (Å²) in [6.07, 6.45) is 2.26. The van der Waals surface area contributed by atoms with Gasteiger partial charge in [-0.2, -0.15) is 0 Å². The average molecular weight is 177 g/mol. The molecule has 0 aromatic heterocycles. The van der Waals surface area contributed by atoms with E-state index >= 15 is 0 Å². The van der Waals surface area contributed by atoms with Crippen molar-refractivity contribution in [3.63, 3.8) is 0 Å². The molecule has 0 saturated carbocycles.